The lowest BCUT2D eigenvalue weighted by Gasteiger charge is -2.17. The number of thioether (sulfide) groups is 1. The SMILES string of the molecule is NC[C@H]1CCC[C@H]1C(=O)NCCSc1ccc(Cl)cc1. The van der Waals surface area contributed by atoms with Gasteiger partial charge in [-0.25, -0.2) is 0 Å². The Morgan fingerprint density at radius 2 is 2.10 bits per heavy atom. The van der Waals surface area contributed by atoms with Gasteiger partial charge in [0.05, 0.1) is 0 Å². The Balaban J connectivity index is 1.68. The molecule has 0 radical (unpaired) electrons. The second kappa shape index (κ2) is 7.91. The lowest BCUT2D eigenvalue weighted by Crippen LogP contribution is -2.36. The first-order chi connectivity index (χ1) is 9.70. The van der Waals surface area contributed by atoms with Crippen LogP contribution in [0.2, 0.25) is 5.02 Å². The van der Waals surface area contributed by atoms with Gasteiger partial charge in [0.15, 0.2) is 0 Å². The Morgan fingerprint density at radius 3 is 2.80 bits per heavy atom. The van der Waals surface area contributed by atoms with E-state index in [1.54, 1.807) is 11.8 Å². The van der Waals surface area contributed by atoms with E-state index in [4.69, 9.17) is 17.3 Å². The predicted octanol–water partition coefficient (Wildman–Crippen LogP) is 2.92. The van der Waals surface area contributed by atoms with Gasteiger partial charge in [-0.3, -0.25) is 4.79 Å². The van der Waals surface area contributed by atoms with Crippen molar-refractivity contribution in [3.05, 3.63) is 29.3 Å². The summed E-state index contributed by atoms with van der Waals surface area (Å²) in [6, 6.07) is 7.76. The minimum absolute atomic E-state index is 0.125. The lowest BCUT2D eigenvalue weighted by atomic mass is 9.95. The van der Waals surface area contributed by atoms with Crippen molar-refractivity contribution in [2.24, 2.45) is 17.6 Å². The summed E-state index contributed by atoms with van der Waals surface area (Å²) < 4.78 is 0. The first-order valence-electron chi connectivity index (χ1n) is 7.07. The molecule has 110 valence electrons. The second-order valence-corrected chi connectivity index (χ2v) is 6.73. The number of carbonyl (C=O) groups is 1. The molecule has 0 spiro atoms. The van der Waals surface area contributed by atoms with Gasteiger partial charge in [-0.05, 0) is 49.6 Å². The summed E-state index contributed by atoms with van der Waals surface area (Å²) in [4.78, 5) is 13.2. The van der Waals surface area contributed by atoms with Gasteiger partial charge in [-0.2, -0.15) is 0 Å². The van der Waals surface area contributed by atoms with E-state index in [1.807, 2.05) is 24.3 Å². The highest BCUT2D eigenvalue weighted by Gasteiger charge is 2.31. The van der Waals surface area contributed by atoms with Crippen LogP contribution in [0.1, 0.15) is 19.3 Å². The van der Waals surface area contributed by atoms with Crippen LogP contribution in [0.3, 0.4) is 0 Å². The third-order valence-electron chi connectivity index (χ3n) is 3.78. The van der Waals surface area contributed by atoms with Gasteiger partial charge >= 0.3 is 0 Å². The molecule has 0 aliphatic heterocycles. The topological polar surface area (TPSA) is 55.1 Å². The smallest absolute Gasteiger partial charge is 0.223 e. The van der Waals surface area contributed by atoms with Crippen molar-refractivity contribution in [3.8, 4) is 0 Å². The van der Waals surface area contributed by atoms with E-state index in [-0.39, 0.29) is 11.8 Å². The van der Waals surface area contributed by atoms with Crippen molar-refractivity contribution < 1.29 is 4.79 Å². The maximum absolute atomic E-state index is 12.1. The molecular formula is C15H21ClN2OS. The molecule has 0 heterocycles. The number of carbonyl (C=O) groups excluding carboxylic acids is 1. The number of halogens is 1. The van der Waals surface area contributed by atoms with E-state index in [2.05, 4.69) is 5.32 Å². The van der Waals surface area contributed by atoms with Crippen LogP contribution in [0.25, 0.3) is 0 Å². The summed E-state index contributed by atoms with van der Waals surface area (Å²) in [7, 11) is 0. The summed E-state index contributed by atoms with van der Waals surface area (Å²) in [6.07, 6.45) is 3.20. The van der Waals surface area contributed by atoms with Gasteiger partial charge in [0, 0.05) is 28.1 Å². The van der Waals surface area contributed by atoms with E-state index >= 15 is 0 Å². The van der Waals surface area contributed by atoms with Crippen LogP contribution in [0.5, 0.6) is 0 Å². The van der Waals surface area contributed by atoms with E-state index in [0.717, 1.165) is 30.0 Å². The molecule has 1 aromatic rings. The number of hydrogen-bond acceptors (Lipinski definition) is 3. The van der Waals surface area contributed by atoms with Crippen molar-refractivity contribution >= 4 is 29.3 Å². The molecule has 0 aromatic heterocycles. The molecule has 1 amide bonds. The average molecular weight is 313 g/mol. The molecule has 2 atom stereocenters. The highest BCUT2D eigenvalue weighted by atomic mass is 35.5. The number of rotatable bonds is 6. The molecule has 0 unspecified atom stereocenters. The third-order valence-corrected chi connectivity index (χ3v) is 5.05. The summed E-state index contributed by atoms with van der Waals surface area (Å²) in [5.74, 6) is 1.54. The van der Waals surface area contributed by atoms with Crippen LogP contribution in [0, 0.1) is 11.8 Å². The fraction of sp³-hybridized carbons (Fsp3) is 0.533. The van der Waals surface area contributed by atoms with Crippen molar-refractivity contribution in [3.63, 3.8) is 0 Å². The van der Waals surface area contributed by atoms with Crippen molar-refractivity contribution in [1.82, 2.24) is 5.32 Å². The Labute approximate surface area is 129 Å². The quantitative estimate of drug-likeness (QED) is 0.627. The largest absolute Gasteiger partial charge is 0.355 e. The molecule has 3 N–H and O–H groups in total. The van der Waals surface area contributed by atoms with Crippen LogP contribution in [-0.4, -0.2) is 24.7 Å². The monoisotopic (exact) mass is 312 g/mol. The maximum Gasteiger partial charge on any atom is 0.223 e. The zero-order chi connectivity index (χ0) is 14.4. The molecule has 0 bridgehead atoms. The van der Waals surface area contributed by atoms with E-state index in [9.17, 15) is 4.79 Å². The minimum atomic E-state index is 0.125. The molecular weight excluding hydrogens is 292 g/mol. The highest BCUT2D eigenvalue weighted by Crippen LogP contribution is 2.30. The molecule has 1 saturated carbocycles. The van der Waals surface area contributed by atoms with Crippen LogP contribution >= 0.6 is 23.4 Å². The number of nitrogens with one attached hydrogen (secondary N) is 1. The Bertz CT molecular complexity index is 438. The standard InChI is InChI=1S/C15H21ClN2OS/c16-12-4-6-13(7-5-12)20-9-8-18-15(19)14-3-1-2-11(14)10-17/h4-7,11,14H,1-3,8-10,17H2,(H,18,19)/t11-,14-/m1/s1. The number of benzene rings is 1. The molecule has 1 aromatic carbocycles. The maximum atomic E-state index is 12.1. The zero-order valence-corrected chi connectivity index (χ0v) is 13.1. The summed E-state index contributed by atoms with van der Waals surface area (Å²) in [5.41, 5.74) is 5.71. The van der Waals surface area contributed by atoms with Crippen molar-refractivity contribution in [1.29, 1.82) is 0 Å². The predicted molar refractivity (Wildman–Crippen MR) is 85.1 cm³/mol. The van der Waals surface area contributed by atoms with E-state index in [0.29, 0.717) is 19.0 Å². The van der Waals surface area contributed by atoms with E-state index < -0.39 is 0 Å². The third kappa shape index (κ3) is 4.40. The van der Waals surface area contributed by atoms with Crippen LogP contribution in [0.4, 0.5) is 0 Å². The van der Waals surface area contributed by atoms with Gasteiger partial charge in [0.1, 0.15) is 0 Å². The Kier molecular flexibility index (Phi) is 6.20. The van der Waals surface area contributed by atoms with Crippen LogP contribution < -0.4 is 11.1 Å². The second-order valence-electron chi connectivity index (χ2n) is 5.13. The fourth-order valence-corrected chi connectivity index (χ4v) is 3.56. The molecule has 1 aliphatic rings. The van der Waals surface area contributed by atoms with E-state index in [1.165, 1.54) is 4.90 Å². The normalized spacial score (nSPS) is 21.9. The van der Waals surface area contributed by atoms with Crippen molar-refractivity contribution in [2.75, 3.05) is 18.8 Å². The molecule has 1 aliphatic carbocycles. The van der Waals surface area contributed by atoms with Gasteiger partial charge in [0.25, 0.3) is 0 Å². The first-order valence-corrected chi connectivity index (χ1v) is 8.43. The number of amides is 1. The summed E-state index contributed by atoms with van der Waals surface area (Å²) >= 11 is 7.56. The van der Waals surface area contributed by atoms with Crippen LogP contribution in [0.15, 0.2) is 29.2 Å². The molecule has 20 heavy (non-hydrogen) atoms. The lowest BCUT2D eigenvalue weighted by molar-refractivity contribution is -0.125. The van der Waals surface area contributed by atoms with Gasteiger partial charge in [-0.15, -0.1) is 11.8 Å². The first kappa shape index (κ1) is 15.7. The van der Waals surface area contributed by atoms with Crippen LogP contribution in [-0.2, 0) is 4.79 Å². The average Bonchev–Trinajstić information content (AvgIpc) is 2.94. The Morgan fingerprint density at radius 1 is 1.35 bits per heavy atom. The zero-order valence-electron chi connectivity index (χ0n) is 11.5. The van der Waals surface area contributed by atoms with Crippen molar-refractivity contribution in [2.45, 2.75) is 24.2 Å². The molecule has 5 heteroatoms. The van der Waals surface area contributed by atoms with Gasteiger partial charge in [0.2, 0.25) is 5.91 Å². The fourth-order valence-electron chi connectivity index (χ4n) is 2.67. The Hall–Kier alpha value is -0.710. The minimum Gasteiger partial charge on any atom is -0.355 e. The summed E-state index contributed by atoms with van der Waals surface area (Å²) in [6.45, 7) is 1.32. The number of nitrogens with two attached hydrogens (primary N) is 1. The van der Waals surface area contributed by atoms with Gasteiger partial charge in [-0.1, -0.05) is 18.0 Å². The highest BCUT2D eigenvalue weighted by molar-refractivity contribution is 7.99. The summed E-state index contributed by atoms with van der Waals surface area (Å²) in [5, 5.41) is 3.78. The molecule has 2 rings (SSSR count). The molecule has 3 nitrogen and oxygen atoms in total. The van der Waals surface area contributed by atoms with Gasteiger partial charge < -0.3 is 11.1 Å². The molecule has 0 saturated heterocycles. The number of hydrogen-bond donors (Lipinski definition) is 2. The molecule has 1 fully saturated rings.